The summed E-state index contributed by atoms with van der Waals surface area (Å²) in [5.41, 5.74) is 1.92. The summed E-state index contributed by atoms with van der Waals surface area (Å²) in [6.45, 7) is 5.38. The molecule has 1 aliphatic rings. The lowest BCUT2D eigenvalue weighted by atomic mass is 10.2. The molecule has 1 aliphatic heterocycles. The van der Waals surface area contributed by atoms with Gasteiger partial charge in [0.2, 0.25) is 0 Å². The van der Waals surface area contributed by atoms with Crippen LogP contribution in [0.2, 0.25) is 0 Å². The van der Waals surface area contributed by atoms with E-state index in [-0.39, 0.29) is 18.5 Å². The molecule has 0 bridgehead atoms. The van der Waals surface area contributed by atoms with Gasteiger partial charge in [-0.05, 0) is 24.3 Å². The minimum Gasteiger partial charge on any atom is -0.378 e. The fourth-order valence-corrected chi connectivity index (χ4v) is 2.30. The molecule has 0 radical (unpaired) electrons. The van der Waals surface area contributed by atoms with Crippen molar-refractivity contribution < 1.29 is 14.4 Å². The first-order valence-corrected chi connectivity index (χ1v) is 7.54. The third-order valence-corrected chi connectivity index (χ3v) is 3.90. The van der Waals surface area contributed by atoms with Gasteiger partial charge in [0.15, 0.2) is 12.6 Å². The summed E-state index contributed by atoms with van der Waals surface area (Å²) in [6.07, 6.45) is 0. The van der Waals surface area contributed by atoms with E-state index in [0.717, 1.165) is 42.6 Å². The second-order valence-corrected chi connectivity index (χ2v) is 5.57. The third kappa shape index (κ3) is 4.45. The van der Waals surface area contributed by atoms with Crippen molar-refractivity contribution in [2.45, 2.75) is 13.0 Å². The maximum Gasteiger partial charge on any atom is 0.279 e. The summed E-state index contributed by atoms with van der Waals surface area (Å²) < 4.78 is 5.34. The van der Waals surface area contributed by atoms with E-state index in [4.69, 9.17) is 10.00 Å². The highest BCUT2D eigenvalue weighted by Gasteiger charge is 2.16. The number of ether oxygens (including phenoxy) is 1. The lowest BCUT2D eigenvalue weighted by Gasteiger charge is -2.28. The van der Waals surface area contributed by atoms with E-state index in [2.05, 4.69) is 16.3 Å². The van der Waals surface area contributed by atoms with Gasteiger partial charge in [0.05, 0.1) is 20.3 Å². The van der Waals surface area contributed by atoms with E-state index >= 15 is 0 Å². The Kier molecular flexibility index (Phi) is 5.75. The van der Waals surface area contributed by atoms with Crippen molar-refractivity contribution in [1.29, 1.82) is 5.26 Å². The maximum absolute atomic E-state index is 12.0. The standard InChI is InChI=1S/C16H22N4O2/c1-13(11-17)19(2)12-16(21)18-14-3-5-15(6-4-14)20-7-9-22-10-8-20/h3-6,13H,7-10,12H2,1-2H3,(H,18,21)/p+1/t13-/m0/s1. The Morgan fingerprint density at radius 1 is 1.41 bits per heavy atom. The molecule has 22 heavy (non-hydrogen) atoms. The normalized spacial score (nSPS) is 17.4. The van der Waals surface area contributed by atoms with Crippen LogP contribution in [0, 0.1) is 11.3 Å². The quantitative estimate of drug-likeness (QED) is 0.796. The molecule has 1 aromatic rings. The molecule has 6 nitrogen and oxygen atoms in total. The summed E-state index contributed by atoms with van der Waals surface area (Å²) in [7, 11) is 1.84. The number of anilines is 2. The number of benzene rings is 1. The molecule has 1 fully saturated rings. The molecule has 1 heterocycles. The summed E-state index contributed by atoms with van der Waals surface area (Å²) in [5.74, 6) is -0.0845. The number of nitriles is 1. The number of nitrogens with zero attached hydrogens (tertiary/aromatic N) is 2. The maximum atomic E-state index is 12.0. The summed E-state index contributed by atoms with van der Waals surface area (Å²) >= 11 is 0. The minimum atomic E-state index is -0.200. The van der Waals surface area contributed by atoms with E-state index in [1.165, 1.54) is 0 Å². The van der Waals surface area contributed by atoms with Gasteiger partial charge in [-0.1, -0.05) is 0 Å². The van der Waals surface area contributed by atoms with Crippen LogP contribution in [0.15, 0.2) is 24.3 Å². The predicted octanol–water partition coefficient (Wildman–Crippen LogP) is -0.112. The summed E-state index contributed by atoms with van der Waals surface area (Å²) in [5, 5.41) is 11.7. The Balaban J connectivity index is 1.88. The predicted molar refractivity (Wildman–Crippen MR) is 84.9 cm³/mol. The number of nitrogens with one attached hydrogen (secondary N) is 2. The van der Waals surface area contributed by atoms with E-state index in [0.29, 0.717) is 0 Å². The zero-order valence-corrected chi connectivity index (χ0v) is 13.1. The minimum absolute atomic E-state index is 0.0845. The number of hydrogen-bond acceptors (Lipinski definition) is 4. The molecular formula is C16H23N4O2+. The summed E-state index contributed by atoms with van der Waals surface area (Å²) in [6, 6.07) is 9.78. The molecule has 0 aromatic heterocycles. The number of rotatable bonds is 5. The molecule has 0 saturated carbocycles. The van der Waals surface area contributed by atoms with Crippen molar-refractivity contribution >= 4 is 17.3 Å². The number of morpholine rings is 1. The zero-order valence-electron chi connectivity index (χ0n) is 13.1. The van der Waals surface area contributed by atoms with Crippen LogP contribution in [-0.2, 0) is 9.53 Å². The van der Waals surface area contributed by atoms with Crippen molar-refractivity contribution in [2.75, 3.05) is 50.1 Å². The molecule has 6 heteroatoms. The van der Waals surface area contributed by atoms with Crippen LogP contribution >= 0.6 is 0 Å². The molecule has 1 aromatic carbocycles. The van der Waals surface area contributed by atoms with Crippen LogP contribution in [0.1, 0.15) is 6.92 Å². The van der Waals surface area contributed by atoms with Crippen molar-refractivity contribution in [1.82, 2.24) is 0 Å². The summed E-state index contributed by atoms with van der Waals surface area (Å²) in [4.78, 5) is 15.1. The SMILES string of the molecule is C[C@@H](C#N)[NH+](C)CC(=O)Nc1ccc(N2CCOCC2)cc1. The van der Waals surface area contributed by atoms with Crippen LogP contribution in [0.4, 0.5) is 11.4 Å². The molecule has 0 spiro atoms. The second-order valence-electron chi connectivity index (χ2n) is 5.57. The highest BCUT2D eigenvalue weighted by atomic mass is 16.5. The molecule has 2 rings (SSSR count). The first kappa shape index (κ1) is 16.3. The first-order chi connectivity index (χ1) is 10.6. The molecule has 1 unspecified atom stereocenters. The smallest absolute Gasteiger partial charge is 0.279 e. The third-order valence-electron chi connectivity index (χ3n) is 3.90. The van der Waals surface area contributed by atoms with E-state index in [9.17, 15) is 4.79 Å². The topological polar surface area (TPSA) is 69.8 Å². The Morgan fingerprint density at radius 3 is 2.64 bits per heavy atom. The van der Waals surface area contributed by atoms with Crippen LogP contribution in [-0.4, -0.2) is 51.8 Å². The number of amides is 1. The van der Waals surface area contributed by atoms with Crippen molar-refractivity contribution in [3.8, 4) is 6.07 Å². The average Bonchev–Trinajstić information content (AvgIpc) is 2.55. The molecule has 0 aliphatic carbocycles. The molecule has 1 amide bonds. The lowest BCUT2D eigenvalue weighted by Crippen LogP contribution is -3.13. The fourth-order valence-electron chi connectivity index (χ4n) is 2.30. The van der Waals surface area contributed by atoms with Crippen LogP contribution in [0.5, 0.6) is 0 Å². The Bertz CT molecular complexity index is 532. The van der Waals surface area contributed by atoms with Gasteiger partial charge < -0.3 is 19.9 Å². The van der Waals surface area contributed by atoms with E-state index < -0.39 is 0 Å². The number of likely N-dealkylation sites (N-methyl/N-ethyl adjacent to an activating group) is 1. The second kappa shape index (κ2) is 7.78. The van der Waals surface area contributed by atoms with Gasteiger partial charge >= 0.3 is 0 Å². The van der Waals surface area contributed by atoms with Crippen LogP contribution < -0.4 is 15.1 Å². The monoisotopic (exact) mass is 303 g/mol. The van der Waals surface area contributed by atoms with Gasteiger partial charge in [-0.3, -0.25) is 4.79 Å². The largest absolute Gasteiger partial charge is 0.378 e. The number of carbonyl (C=O) groups excluding carboxylic acids is 1. The van der Waals surface area contributed by atoms with Crippen LogP contribution in [0.25, 0.3) is 0 Å². The lowest BCUT2D eigenvalue weighted by molar-refractivity contribution is -0.886. The molecular weight excluding hydrogens is 280 g/mol. The van der Waals surface area contributed by atoms with E-state index in [1.54, 1.807) is 6.92 Å². The fraction of sp³-hybridized carbons (Fsp3) is 0.500. The Morgan fingerprint density at radius 2 is 2.05 bits per heavy atom. The van der Waals surface area contributed by atoms with E-state index in [1.807, 2.05) is 31.3 Å². The highest BCUT2D eigenvalue weighted by molar-refractivity contribution is 5.91. The Hall–Kier alpha value is -2.10. The van der Waals surface area contributed by atoms with Gasteiger partial charge in [0, 0.05) is 31.4 Å². The molecule has 1 saturated heterocycles. The average molecular weight is 303 g/mol. The van der Waals surface area contributed by atoms with Gasteiger partial charge in [-0.15, -0.1) is 0 Å². The van der Waals surface area contributed by atoms with Crippen molar-refractivity contribution in [3.63, 3.8) is 0 Å². The van der Waals surface area contributed by atoms with Crippen LogP contribution in [0.3, 0.4) is 0 Å². The number of quaternary nitrogens is 1. The number of hydrogen-bond donors (Lipinski definition) is 2. The zero-order chi connectivity index (χ0) is 15.9. The van der Waals surface area contributed by atoms with Gasteiger partial charge in [-0.25, -0.2) is 0 Å². The first-order valence-electron chi connectivity index (χ1n) is 7.54. The molecule has 2 N–H and O–H groups in total. The van der Waals surface area contributed by atoms with Gasteiger partial charge in [0.25, 0.3) is 5.91 Å². The molecule has 118 valence electrons. The highest BCUT2D eigenvalue weighted by Crippen LogP contribution is 2.18. The van der Waals surface area contributed by atoms with Gasteiger partial charge in [-0.2, -0.15) is 5.26 Å². The Labute approximate surface area is 131 Å². The number of carbonyl (C=O) groups is 1. The van der Waals surface area contributed by atoms with Gasteiger partial charge in [0.1, 0.15) is 6.07 Å². The van der Waals surface area contributed by atoms with Crippen molar-refractivity contribution in [3.05, 3.63) is 24.3 Å². The van der Waals surface area contributed by atoms with Crippen molar-refractivity contribution in [2.24, 2.45) is 0 Å². The molecule has 2 atom stereocenters.